The average Bonchev–Trinajstić information content (AvgIpc) is 2.60. The summed E-state index contributed by atoms with van der Waals surface area (Å²) in [6.45, 7) is 2.01. The Bertz CT molecular complexity index is 611. The summed E-state index contributed by atoms with van der Waals surface area (Å²) in [5, 5.41) is 3.01. The van der Waals surface area contributed by atoms with Crippen LogP contribution in [0.5, 0.6) is 0 Å². The lowest BCUT2D eigenvalue weighted by molar-refractivity contribution is 0.708. The summed E-state index contributed by atoms with van der Waals surface area (Å²) in [5.74, 6) is 1.34. The highest BCUT2D eigenvalue weighted by Crippen LogP contribution is 2.16. The SMILES string of the molecule is CCc1nc2nc3c(c(=O)n2[nH]1)CCCCC3. The van der Waals surface area contributed by atoms with Crippen LogP contribution in [0.3, 0.4) is 0 Å². The summed E-state index contributed by atoms with van der Waals surface area (Å²) < 4.78 is 1.49. The standard InChI is InChI=1S/C12H16N4O/c1-2-10-14-12-13-9-7-5-3-4-6-8(9)11(17)16(12)15-10/h2-7H2,1H3,(H,13,14,15). The third-order valence-corrected chi connectivity index (χ3v) is 3.40. The van der Waals surface area contributed by atoms with Gasteiger partial charge in [-0.05, 0) is 25.7 Å². The minimum Gasteiger partial charge on any atom is -0.275 e. The molecular formula is C12H16N4O. The molecule has 0 aliphatic heterocycles. The Morgan fingerprint density at radius 2 is 2.06 bits per heavy atom. The topological polar surface area (TPSA) is 63.1 Å². The first-order valence-corrected chi connectivity index (χ1v) is 6.29. The van der Waals surface area contributed by atoms with Gasteiger partial charge in [0, 0.05) is 12.0 Å². The van der Waals surface area contributed by atoms with Crippen LogP contribution in [0.25, 0.3) is 5.78 Å². The van der Waals surface area contributed by atoms with E-state index in [1.165, 1.54) is 10.9 Å². The second-order valence-corrected chi connectivity index (χ2v) is 4.56. The van der Waals surface area contributed by atoms with Crippen LogP contribution < -0.4 is 5.56 Å². The Kier molecular flexibility index (Phi) is 2.46. The summed E-state index contributed by atoms with van der Waals surface area (Å²) in [6.07, 6.45) is 5.95. The normalized spacial score (nSPS) is 15.8. The molecule has 0 radical (unpaired) electrons. The van der Waals surface area contributed by atoms with Gasteiger partial charge >= 0.3 is 0 Å². The first-order chi connectivity index (χ1) is 8.29. The summed E-state index contributed by atoms with van der Waals surface area (Å²) >= 11 is 0. The van der Waals surface area contributed by atoms with Gasteiger partial charge in [0.2, 0.25) is 0 Å². The summed E-state index contributed by atoms with van der Waals surface area (Å²) in [5.41, 5.74) is 1.88. The van der Waals surface area contributed by atoms with E-state index in [-0.39, 0.29) is 5.56 Å². The van der Waals surface area contributed by atoms with Gasteiger partial charge in [0.05, 0.1) is 5.69 Å². The Morgan fingerprint density at radius 3 is 2.88 bits per heavy atom. The molecule has 1 N–H and O–H groups in total. The molecular weight excluding hydrogens is 216 g/mol. The molecule has 2 heterocycles. The lowest BCUT2D eigenvalue weighted by Crippen LogP contribution is -2.22. The number of H-pyrrole nitrogens is 1. The van der Waals surface area contributed by atoms with Crippen LogP contribution in [0.4, 0.5) is 0 Å². The average molecular weight is 232 g/mol. The maximum atomic E-state index is 12.3. The Hall–Kier alpha value is -1.65. The molecule has 1 aliphatic rings. The van der Waals surface area contributed by atoms with Crippen molar-refractivity contribution in [3.8, 4) is 0 Å². The van der Waals surface area contributed by atoms with Crippen LogP contribution in [-0.4, -0.2) is 19.6 Å². The highest BCUT2D eigenvalue weighted by molar-refractivity contribution is 5.33. The van der Waals surface area contributed by atoms with E-state index in [9.17, 15) is 4.79 Å². The lowest BCUT2D eigenvalue weighted by atomic mass is 10.1. The van der Waals surface area contributed by atoms with Crippen LogP contribution in [0.2, 0.25) is 0 Å². The number of nitrogens with one attached hydrogen (secondary N) is 1. The lowest BCUT2D eigenvalue weighted by Gasteiger charge is -2.02. The van der Waals surface area contributed by atoms with E-state index in [0.29, 0.717) is 5.78 Å². The fourth-order valence-electron chi connectivity index (χ4n) is 2.43. The van der Waals surface area contributed by atoms with Gasteiger partial charge in [0.15, 0.2) is 0 Å². The number of aromatic nitrogens is 4. The molecule has 5 nitrogen and oxygen atoms in total. The van der Waals surface area contributed by atoms with Crippen molar-refractivity contribution >= 4 is 5.78 Å². The van der Waals surface area contributed by atoms with Crippen LogP contribution in [0, 0.1) is 0 Å². The highest BCUT2D eigenvalue weighted by atomic mass is 16.1. The minimum absolute atomic E-state index is 0.0408. The van der Waals surface area contributed by atoms with Crippen molar-refractivity contribution in [2.24, 2.45) is 0 Å². The molecule has 0 atom stereocenters. The van der Waals surface area contributed by atoms with Gasteiger partial charge in [-0.3, -0.25) is 9.89 Å². The van der Waals surface area contributed by atoms with Crippen LogP contribution in [-0.2, 0) is 19.3 Å². The third-order valence-electron chi connectivity index (χ3n) is 3.40. The van der Waals surface area contributed by atoms with Gasteiger partial charge in [-0.15, -0.1) is 0 Å². The molecule has 0 saturated heterocycles. The molecule has 2 aromatic rings. The third kappa shape index (κ3) is 1.66. The fraction of sp³-hybridized carbons (Fsp3) is 0.583. The predicted octanol–water partition coefficient (Wildman–Crippen LogP) is 1.25. The molecule has 0 fully saturated rings. The van der Waals surface area contributed by atoms with Gasteiger partial charge in [-0.25, -0.2) is 4.98 Å². The molecule has 1 aliphatic carbocycles. The predicted molar refractivity (Wildman–Crippen MR) is 64.2 cm³/mol. The number of aryl methyl sites for hydroxylation is 2. The molecule has 0 amide bonds. The maximum Gasteiger partial charge on any atom is 0.277 e. The van der Waals surface area contributed by atoms with E-state index >= 15 is 0 Å². The Balaban J connectivity index is 2.27. The number of hydrogen-bond donors (Lipinski definition) is 1. The molecule has 3 rings (SSSR count). The molecule has 0 saturated carbocycles. The number of hydrogen-bond acceptors (Lipinski definition) is 3. The van der Waals surface area contributed by atoms with Gasteiger partial charge in [0.1, 0.15) is 5.82 Å². The van der Waals surface area contributed by atoms with Crippen molar-refractivity contribution in [3.63, 3.8) is 0 Å². The van der Waals surface area contributed by atoms with E-state index in [1.54, 1.807) is 0 Å². The van der Waals surface area contributed by atoms with E-state index in [2.05, 4.69) is 15.1 Å². The van der Waals surface area contributed by atoms with Crippen molar-refractivity contribution in [2.75, 3.05) is 0 Å². The first-order valence-electron chi connectivity index (χ1n) is 6.29. The monoisotopic (exact) mass is 232 g/mol. The zero-order chi connectivity index (χ0) is 11.8. The van der Waals surface area contributed by atoms with E-state index < -0.39 is 0 Å². The second kappa shape index (κ2) is 3.98. The minimum atomic E-state index is 0.0408. The number of rotatable bonds is 1. The second-order valence-electron chi connectivity index (χ2n) is 4.56. The number of aromatic amines is 1. The van der Waals surface area contributed by atoms with E-state index in [4.69, 9.17) is 0 Å². The molecule has 0 aromatic carbocycles. The Labute approximate surface area is 98.9 Å². The largest absolute Gasteiger partial charge is 0.277 e. The molecule has 2 aromatic heterocycles. The van der Waals surface area contributed by atoms with Gasteiger partial charge in [-0.2, -0.15) is 9.50 Å². The quantitative estimate of drug-likeness (QED) is 0.753. The van der Waals surface area contributed by atoms with Gasteiger partial charge < -0.3 is 0 Å². The van der Waals surface area contributed by atoms with E-state index in [1.807, 2.05) is 6.92 Å². The van der Waals surface area contributed by atoms with E-state index in [0.717, 1.165) is 49.2 Å². The van der Waals surface area contributed by atoms with Crippen molar-refractivity contribution in [2.45, 2.75) is 45.4 Å². The van der Waals surface area contributed by atoms with Crippen molar-refractivity contribution in [3.05, 3.63) is 27.4 Å². The number of nitrogens with zero attached hydrogens (tertiary/aromatic N) is 3. The fourth-order valence-corrected chi connectivity index (χ4v) is 2.43. The molecule has 0 spiro atoms. The van der Waals surface area contributed by atoms with Crippen LogP contribution in [0.15, 0.2) is 4.79 Å². The highest BCUT2D eigenvalue weighted by Gasteiger charge is 2.16. The zero-order valence-corrected chi connectivity index (χ0v) is 9.99. The molecule has 5 heteroatoms. The van der Waals surface area contributed by atoms with Crippen molar-refractivity contribution in [1.29, 1.82) is 0 Å². The Morgan fingerprint density at radius 1 is 1.24 bits per heavy atom. The molecule has 17 heavy (non-hydrogen) atoms. The molecule has 0 bridgehead atoms. The summed E-state index contributed by atoms with van der Waals surface area (Å²) in [7, 11) is 0. The van der Waals surface area contributed by atoms with Gasteiger partial charge in [0.25, 0.3) is 11.3 Å². The van der Waals surface area contributed by atoms with Crippen molar-refractivity contribution in [1.82, 2.24) is 19.6 Å². The van der Waals surface area contributed by atoms with Crippen LogP contribution >= 0.6 is 0 Å². The zero-order valence-electron chi connectivity index (χ0n) is 9.99. The van der Waals surface area contributed by atoms with Gasteiger partial charge in [-0.1, -0.05) is 13.3 Å². The smallest absolute Gasteiger partial charge is 0.275 e. The number of fused-ring (bicyclic) bond motifs is 2. The first kappa shape index (κ1) is 10.5. The van der Waals surface area contributed by atoms with Crippen molar-refractivity contribution < 1.29 is 0 Å². The molecule has 0 unspecified atom stereocenters. The molecule has 90 valence electrons. The van der Waals surface area contributed by atoms with Crippen LogP contribution in [0.1, 0.15) is 43.3 Å². The summed E-state index contributed by atoms with van der Waals surface area (Å²) in [6, 6.07) is 0. The summed E-state index contributed by atoms with van der Waals surface area (Å²) in [4.78, 5) is 21.2. The maximum absolute atomic E-state index is 12.3.